The summed E-state index contributed by atoms with van der Waals surface area (Å²) in [4.78, 5) is 14.9. The summed E-state index contributed by atoms with van der Waals surface area (Å²) in [6.45, 7) is 3.18. The molecular formula is C19H25F3N6S. The SMILES string of the molecule is CN=C(NCc1csc(N(C)C)n1)N1CCN(c2cccc(C(F)(F)F)c2)CC1. The number of benzene rings is 1. The minimum atomic E-state index is -4.33. The van der Waals surface area contributed by atoms with Gasteiger partial charge in [-0.15, -0.1) is 11.3 Å². The van der Waals surface area contributed by atoms with Gasteiger partial charge in [-0.1, -0.05) is 6.07 Å². The van der Waals surface area contributed by atoms with E-state index in [1.54, 1.807) is 24.5 Å². The molecule has 0 radical (unpaired) electrons. The molecule has 0 amide bonds. The number of hydrogen-bond donors (Lipinski definition) is 1. The fourth-order valence-corrected chi connectivity index (χ4v) is 3.90. The number of aliphatic imine (C=N–C) groups is 1. The molecular weight excluding hydrogens is 401 g/mol. The van der Waals surface area contributed by atoms with Gasteiger partial charge in [-0.25, -0.2) is 4.98 Å². The number of guanidine groups is 1. The van der Waals surface area contributed by atoms with E-state index in [2.05, 4.69) is 20.2 Å². The second-order valence-corrected chi connectivity index (χ2v) is 7.78. The van der Waals surface area contributed by atoms with Crippen molar-refractivity contribution in [3.05, 3.63) is 40.9 Å². The molecule has 0 atom stereocenters. The number of aromatic nitrogens is 1. The molecule has 1 aliphatic rings. The van der Waals surface area contributed by atoms with Crippen LogP contribution in [-0.4, -0.2) is 63.2 Å². The van der Waals surface area contributed by atoms with Crippen LogP contribution in [0.4, 0.5) is 24.0 Å². The third-order valence-electron chi connectivity index (χ3n) is 4.68. The lowest BCUT2D eigenvalue weighted by atomic mass is 10.1. The van der Waals surface area contributed by atoms with Crippen LogP contribution < -0.4 is 15.1 Å². The van der Waals surface area contributed by atoms with Crippen LogP contribution in [0.25, 0.3) is 0 Å². The summed E-state index contributed by atoms with van der Waals surface area (Å²) < 4.78 is 38.9. The Hall–Kier alpha value is -2.49. The van der Waals surface area contributed by atoms with Crippen molar-refractivity contribution < 1.29 is 13.2 Å². The van der Waals surface area contributed by atoms with Gasteiger partial charge >= 0.3 is 6.18 Å². The topological polar surface area (TPSA) is 47.0 Å². The number of nitrogens with one attached hydrogen (secondary N) is 1. The molecule has 0 unspecified atom stereocenters. The van der Waals surface area contributed by atoms with Crippen LogP contribution in [0.1, 0.15) is 11.3 Å². The molecule has 0 saturated carbocycles. The number of hydrogen-bond acceptors (Lipinski definition) is 5. The van der Waals surface area contributed by atoms with Gasteiger partial charge in [-0.3, -0.25) is 4.99 Å². The molecule has 1 fully saturated rings. The molecule has 10 heteroatoms. The first-order valence-electron chi connectivity index (χ1n) is 9.27. The number of thiazole rings is 1. The second kappa shape index (κ2) is 8.89. The fraction of sp³-hybridized carbons (Fsp3) is 0.474. The summed E-state index contributed by atoms with van der Waals surface area (Å²) >= 11 is 1.59. The Morgan fingerprint density at radius 1 is 1.24 bits per heavy atom. The molecule has 0 spiro atoms. The zero-order chi connectivity index (χ0) is 21.0. The number of piperazine rings is 1. The predicted octanol–water partition coefficient (Wildman–Crippen LogP) is 3.13. The number of alkyl halides is 3. The smallest absolute Gasteiger partial charge is 0.368 e. The number of nitrogens with zero attached hydrogens (tertiary/aromatic N) is 5. The van der Waals surface area contributed by atoms with E-state index in [9.17, 15) is 13.2 Å². The van der Waals surface area contributed by atoms with Crippen molar-refractivity contribution in [2.24, 2.45) is 4.99 Å². The molecule has 0 bridgehead atoms. The Morgan fingerprint density at radius 2 is 1.97 bits per heavy atom. The minimum absolute atomic E-state index is 0.574. The van der Waals surface area contributed by atoms with E-state index in [1.807, 2.05) is 29.3 Å². The van der Waals surface area contributed by atoms with Gasteiger partial charge < -0.3 is 20.0 Å². The van der Waals surface area contributed by atoms with Gasteiger partial charge in [-0.2, -0.15) is 13.2 Å². The highest BCUT2D eigenvalue weighted by Crippen LogP contribution is 2.31. The highest BCUT2D eigenvalue weighted by molar-refractivity contribution is 7.13. The van der Waals surface area contributed by atoms with Crippen molar-refractivity contribution >= 4 is 28.1 Å². The van der Waals surface area contributed by atoms with Gasteiger partial charge in [0.05, 0.1) is 17.8 Å². The van der Waals surface area contributed by atoms with Crippen LogP contribution in [-0.2, 0) is 12.7 Å². The number of anilines is 2. The Balaban J connectivity index is 1.56. The van der Waals surface area contributed by atoms with Crippen molar-refractivity contribution in [3.63, 3.8) is 0 Å². The third-order valence-corrected chi connectivity index (χ3v) is 5.74. The molecule has 158 valence electrons. The van der Waals surface area contributed by atoms with E-state index < -0.39 is 11.7 Å². The van der Waals surface area contributed by atoms with Crippen molar-refractivity contribution in [3.8, 4) is 0 Å². The van der Waals surface area contributed by atoms with Gasteiger partial charge in [0.15, 0.2) is 11.1 Å². The molecule has 1 aromatic carbocycles. The first-order valence-corrected chi connectivity index (χ1v) is 10.2. The van der Waals surface area contributed by atoms with Crippen LogP contribution in [0.15, 0.2) is 34.6 Å². The molecule has 1 aromatic heterocycles. The van der Waals surface area contributed by atoms with E-state index in [4.69, 9.17) is 0 Å². The lowest BCUT2D eigenvalue weighted by Crippen LogP contribution is -2.52. The zero-order valence-corrected chi connectivity index (χ0v) is 17.5. The monoisotopic (exact) mass is 426 g/mol. The Labute approximate surface area is 172 Å². The standard InChI is InChI=1S/C19H25F3N6S/c1-23-17(24-12-15-13-29-18(25-15)26(2)3)28-9-7-27(8-10-28)16-6-4-5-14(11-16)19(20,21)22/h4-6,11,13H,7-10,12H2,1-3H3,(H,23,24). The highest BCUT2D eigenvalue weighted by Gasteiger charge is 2.31. The lowest BCUT2D eigenvalue weighted by Gasteiger charge is -2.37. The van der Waals surface area contributed by atoms with Crippen molar-refractivity contribution in [2.75, 3.05) is 57.1 Å². The normalized spacial score (nSPS) is 15.6. The predicted molar refractivity (Wildman–Crippen MR) is 112 cm³/mol. The van der Waals surface area contributed by atoms with Gasteiger partial charge in [0.2, 0.25) is 0 Å². The first-order chi connectivity index (χ1) is 13.8. The molecule has 29 heavy (non-hydrogen) atoms. The molecule has 6 nitrogen and oxygen atoms in total. The van der Waals surface area contributed by atoms with E-state index in [0.717, 1.165) is 22.9 Å². The summed E-state index contributed by atoms with van der Waals surface area (Å²) in [5.41, 5.74) is 0.929. The largest absolute Gasteiger partial charge is 0.416 e. The maximum Gasteiger partial charge on any atom is 0.416 e. The molecule has 2 aromatic rings. The molecule has 2 heterocycles. The minimum Gasteiger partial charge on any atom is -0.368 e. The highest BCUT2D eigenvalue weighted by atomic mass is 32.1. The average Bonchev–Trinajstić information content (AvgIpc) is 3.18. The second-order valence-electron chi connectivity index (χ2n) is 6.94. The molecule has 3 rings (SSSR count). The van der Waals surface area contributed by atoms with Gasteiger partial charge in [0, 0.05) is 58.4 Å². The maximum atomic E-state index is 13.0. The summed E-state index contributed by atoms with van der Waals surface area (Å²) in [7, 11) is 5.64. The molecule has 1 saturated heterocycles. The third kappa shape index (κ3) is 5.31. The van der Waals surface area contributed by atoms with Crippen LogP contribution in [0.3, 0.4) is 0 Å². The van der Waals surface area contributed by atoms with E-state index >= 15 is 0 Å². The van der Waals surface area contributed by atoms with Crippen LogP contribution in [0.2, 0.25) is 0 Å². The van der Waals surface area contributed by atoms with E-state index in [0.29, 0.717) is 38.4 Å². The van der Waals surface area contributed by atoms with Crippen molar-refractivity contribution in [1.29, 1.82) is 0 Å². The van der Waals surface area contributed by atoms with Crippen molar-refractivity contribution in [1.82, 2.24) is 15.2 Å². The van der Waals surface area contributed by atoms with E-state index in [-0.39, 0.29) is 0 Å². The summed E-state index contributed by atoms with van der Waals surface area (Å²) in [5.74, 6) is 0.771. The summed E-state index contributed by atoms with van der Waals surface area (Å²) in [6.07, 6.45) is -4.33. The molecule has 0 aliphatic carbocycles. The first kappa shape index (κ1) is 21.2. The number of halogens is 3. The maximum absolute atomic E-state index is 13.0. The van der Waals surface area contributed by atoms with Gasteiger partial charge in [0.1, 0.15) is 0 Å². The lowest BCUT2D eigenvalue weighted by molar-refractivity contribution is -0.137. The Kier molecular flexibility index (Phi) is 6.51. The quantitative estimate of drug-likeness (QED) is 0.601. The van der Waals surface area contributed by atoms with Crippen LogP contribution in [0.5, 0.6) is 0 Å². The Bertz CT molecular complexity index is 840. The van der Waals surface area contributed by atoms with Gasteiger partial charge in [0.25, 0.3) is 0 Å². The van der Waals surface area contributed by atoms with Crippen LogP contribution >= 0.6 is 11.3 Å². The van der Waals surface area contributed by atoms with Crippen molar-refractivity contribution in [2.45, 2.75) is 12.7 Å². The van der Waals surface area contributed by atoms with Gasteiger partial charge in [-0.05, 0) is 18.2 Å². The van der Waals surface area contributed by atoms with Crippen LogP contribution in [0, 0.1) is 0 Å². The van der Waals surface area contributed by atoms with E-state index in [1.165, 1.54) is 12.1 Å². The zero-order valence-electron chi connectivity index (χ0n) is 16.7. The molecule has 1 aliphatic heterocycles. The fourth-order valence-electron chi connectivity index (χ4n) is 3.14. The average molecular weight is 427 g/mol. The summed E-state index contributed by atoms with van der Waals surface area (Å²) in [6, 6.07) is 5.50. The Morgan fingerprint density at radius 3 is 2.55 bits per heavy atom. The number of rotatable bonds is 4. The molecule has 1 N–H and O–H groups in total. The summed E-state index contributed by atoms with van der Waals surface area (Å²) in [5, 5.41) is 6.29.